The quantitative estimate of drug-likeness (QED) is 0.381. The number of nitrogens with zero attached hydrogens (tertiary/aromatic N) is 1. The molecule has 0 aliphatic carbocycles. The lowest BCUT2D eigenvalue weighted by Gasteiger charge is -2.20. The molecule has 0 aliphatic heterocycles. The van der Waals surface area contributed by atoms with Crippen LogP contribution in [0.5, 0.6) is 0 Å². The lowest BCUT2D eigenvalue weighted by molar-refractivity contribution is -0.0789. The summed E-state index contributed by atoms with van der Waals surface area (Å²) in [6, 6.07) is 1.47. The smallest absolute Gasteiger partial charge is 0.124 e. The first-order valence-electron chi connectivity index (χ1n) is 3.81. The molecule has 0 saturated carbocycles. The van der Waals surface area contributed by atoms with Crippen LogP contribution in [0.15, 0.2) is 12.3 Å². The summed E-state index contributed by atoms with van der Waals surface area (Å²) < 4.78 is 0. The van der Waals surface area contributed by atoms with Gasteiger partial charge < -0.3 is 20.4 Å². The van der Waals surface area contributed by atoms with E-state index in [1.54, 1.807) is 0 Å². The lowest BCUT2D eigenvalue weighted by Crippen LogP contribution is -2.34. The maximum atomic E-state index is 9.39. The van der Waals surface area contributed by atoms with E-state index in [9.17, 15) is 10.2 Å². The SMILES string of the molecule is OC[C@@H](O)[C@@H](O)[C@H](O)c1ccn[nH]1. The van der Waals surface area contributed by atoms with Crippen LogP contribution in [0, 0.1) is 0 Å². The fraction of sp³-hybridized carbons (Fsp3) is 0.571. The van der Waals surface area contributed by atoms with E-state index in [4.69, 9.17) is 10.2 Å². The molecule has 74 valence electrons. The fourth-order valence-electron chi connectivity index (χ4n) is 0.934. The molecule has 0 unspecified atom stereocenters. The van der Waals surface area contributed by atoms with Crippen LogP contribution in [0.25, 0.3) is 0 Å². The van der Waals surface area contributed by atoms with E-state index < -0.39 is 24.9 Å². The Morgan fingerprint density at radius 1 is 1.38 bits per heavy atom. The summed E-state index contributed by atoms with van der Waals surface area (Å²) in [6.45, 7) is -0.605. The number of aliphatic hydroxyl groups is 4. The number of hydrogen-bond donors (Lipinski definition) is 5. The fourth-order valence-corrected chi connectivity index (χ4v) is 0.934. The molecule has 6 heteroatoms. The van der Waals surface area contributed by atoms with Crippen LogP contribution >= 0.6 is 0 Å². The minimum atomic E-state index is -1.43. The third kappa shape index (κ3) is 2.25. The predicted octanol–water partition coefficient (Wildman–Crippen LogP) is -1.84. The van der Waals surface area contributed by atoms with Crippen LogP contribution in [0.2, 0.25) is 0 Å². The van der Waals surface area contributed by atoms with Crippen LogP contribution in [-0.4, -0.2) is 49.4 Å². The molecule has 0 aromatic carbocycles. The molecule has 3 atom stereocenters. The summed E-state index contributed by atoms with van der Waals surface area (Å²) in [7, 11) is 0. The van der Waals surface area contributed by atoms with Crippen molar-refractivity contribution in [2.45, 2.75) is 18.3 Å². The molecule has 1 aromatic rings. The first-order chi connectivity index (χ1) is 6.16. The number of aliphatic hydroxyl groups excluding tert-OH is 4. The van der Waals surface area contributed by atoms with Gasteiger partial charge in [0.2, 0.25) is 0 Å². The molecule has 0 saturated heterocycles. The molecule has 6 nitrogen and oxygen atoms in total. The summed E-state index contributed by atoms with van der Waals surface area (Å²) in [5, 5.41) is 42.2. The molecule has 0 spiro atoms. The highest BCUT2D eigenvalue weighted by Gasteiger charge is 2.26. The summed E-state index contributed by atoms with van der Waals surface area (Å²) in [4.78, 5) is 0. The number of aromatic amines is 1. The minimum Gasteiger partial charge on any atom is -0.394 e. The van der Waals surface area contributed by atoms with E-state index in [1.165, 1.54) is 12.3 Å². The Labute approximate surface area is 74.5 Å². The van der Waals surface area contributed by atoms with Gasteiger partial charge in [0, 0.05) is 6.20 Å². The highest BCUT2D eigenvalue weighted by atomic mass is 16.4. The molecule has 0 bridgehead atoms. The first kappa shape index (κ1) is 10.1. The van der Waals surface area contributed by atoms with Crippen molar-refractivity contribution in [1.29, 1.82) is 0 Å². The van der Waals surface area contributed by atoms with Crippen LogP contribution < -0.4 is 0 Å². The Bertz CT molecular complexity index is 239. The average Bonchev–Trinajstić information content (AvgIpc) is 2.67. The molecule has 1 aromatic heterocycles. The van der Waals surface area contributed by atoms with Gasteiger partial charge in [-0.2, -0.15) is 5.10 Å². The maximum absolute atomic E-state index is 9.39. The topological polar surface area (TPSA) is 110 Å². The molecule has 0 fully saturated rings. The Kier molecular flexibility index (Phi) is 3.38. The largest absolute Gasteiger partial charge is 0.394 e. The summed E-state index contributed by atoms with van der Waals surface area (Å²) in [5.41, 5.74) is 0.292. The zero-order valence-electron chi connectivity index (χ0n) is 6.83. The first-order valence-corrected chi connectivity index (χ1v) is 3.81. The standard InChI is InChI=1S/C7H12N2O4/c10-3-5(11)7(13)6(12)4-1-2-8-9-4/h1-2,5-7,10-13H,3H2,(H,8,9)/t5-,6-,7-/m1/s1. The summed E-state index contributed by atoms with van der Waals surface area (Å²) >= 11 is 0. The summed E-state index contributed by atoms with van der Waals surface area (Å²) in [5.74, 6) is 0. The molecule has 13 heavy (non-hydrogen) atoms. The van der Waals surface area contributed by atoms with Gasteiger partial charge in [0.15, 0.2) is 0 Å². The van der Waals surface area contributed by atoms with Crippen LogP contribution in [0.4, 0.5) is 0 Å². The van der Waals surface area contributed by atoms with Gasteiger partial charge in [0.25, 0.3) is 0 Å². The van der Waals surface area contributed by atoms with Crippen LogP contribution in [0.1, 0.15) is 11.8 Å². The van der Waals surface area contributed by atoms with E-state index in [1.807, 2.05) is 0 Å². The number of H-pyrrole nitrogens is 1. The lowest BCUT2D eigenvalue weighted by atomic mass is 10.1. The van der Waals surface area contributed by atoms with Gasteiger partial charge >= 0.3 is 0 Å². The van der Waals surface area contributed by atoms with Crippen molar-refractivity contribution >= 4 is 0 Å². The van der Waals surface area contributed by atoms with Gasteiger partial charge in [-0.25, -0.2) is 0 Å². The number of aromatic nitrogens is 2. The average molecular weight is 188 g/mol. The Hall–Kier alpha value is -0.950. The third-order valence-corrected chi connectivity index (χ3v) is 1.75. The van der Waals surface area contributed by atoms with Crippen molar-refractivity contribution in [3.8, 4) is 0 Å². The van der Waals surface area contributed by atoms with Gasteiger partial charge in [-0.05, 0) is 6.07 Å². The third-order valence-electron chi connectivity index (χ3n) is 1.75. The second-order valence-corrected chi connectivity index (χ2v) is 2.70. The van der Waals surface area contributed by atoms with Crippen molar-refractivity contribution in [3.05, 3.63) is 18.0 Å². The van der Waals surface area contributed by atoms with Gasteiger partial charge in [-0.15, -0.1) is 0 Å². The van der Waals surface area contributed by atoms with Gasteiger partial charge in [0.05, 0.1) is 12.3 Å². The second-order valence-electron chi connectivity index (χ2n) is 2.70. The second kappa shape index (κ2) is 4.33. The monoisotopic (exact) mass is 188 g/mol. The van der Waals surface area contributed by atoms with Crippen molar-refractivity contribution < 1.29 is 20.4 Å². The number of rotatable bonds is 4. The highest BCUT2D eigenvalue weighted by Crippen LogP contribution is 2.15. The van der Waals surface area contributed by atoms with Crippen LogP contribution in [-0.2, 0) is 0 Å². The molecular weight excluding hydrogens is 176 g/mol. The number of hydrogen-bond acceptors (Lipinski definition) is 5. The summed E-state index contributed by atoms with van der Waals surface area (Å²) in [6.07, 6.45) is -2.65. The Balaban J connectivity index is 2.62. The molecule has 1 rings (SSSR count). The van der Waals surface area contributed by atoms with Crippen molar-refractivity contribution in [2.75, 3.05) is 6.61 Å². The molecule has 0 amide bonds. The van der Waals surface area contributed by atoms with Gasteiger partial charge in [-0.1, -0.05) is 0 Å². The van der Waals surface area contributed by atoms with E-state index in [-0.39, 0.29) is 0 Å². The molecule has 0 aliphatic rings. The van der Waals surface area contributed by atoms with E-state index in [0.717, 1.165) is 0 Å². The zero-order valence-corrected chi connectivity index (χ0v) is 6.83. The molecule has 5 N–H and O–H groups in total. The Morgan fingerprint density at radius 3 is 2.54 bits per heavy atom. The predicted molar refractivity (Wildman–Crippen MR) is 42.6 cm³/mol. The highest BCUT2D eigenvalue weighted by molar-refractivity contribution is 5.04. The van der Waals surface area contributed by atoms with Crippen molar-refractivity contribution in [3.63, 3.8) is 0 Å². The minimum absolute atomic E-state index is 0.292. The maximum Gasteiger partial charge on any atom is 0.124 e. The van der Waals surface area contributed by atoms with Crippen molar-refractivity contribution in [1.82, 2.24) is 10.2 Å². The van der Waals surface area contributed by atoms with E-state index in [0.29, 0.717) is 5.69 Å². The normalized spacial score (nSPS) is 18.2. The molecule has 1 heterocycles. The van der Waals surface area contributed by atoms with Crippen LogP contribution in [0.3, 0.4) is 0 Å². The Morgan fingerprint density at radius 2 is 2.08 bits per heavy atom. The molecule has 0 radical (unpaired) electrons. The molecular formula is C7H12N2O4. The van der Waals surface area contributed by atoms with Gasteiger partial charge in [0.1, 0.15) is 18.3 Å². The zero-order chi connectivity index (χ0) is 9.84. The van der Waals surface area contributed by atoms with E-state index in [2.05, 4.69) is 10.2 Å². The number of nitrogens with one attached hydrogen (secondary N) is 1. The van der Waals surface area contributed by atoms with Crippen molar-refractivity contribution in [2.24, 2.45) is 0 Å². The van der Waals surface area contributed by atoms with Gasteiger partial charge in [-0.3, -0.25) is 5.10 Å². The van der Waals surface area contributed by atoms with E-state index >= 15 is 0 Å².